The molecule has 3 heterocycles. The number of hydrogen-bond donors (Lipinski definition) is 0. The number of pyridine rings is 1. The second kappa shape index (κ2) is 5.68. The van der Waals surface area contributed by atoms with E-state index in [0.29, 0.717) is 24.2 Å². The number of carbonyl (C=O) groups excluding carboxylic acids is 2. The summed E-state index contributed by atoms with van der Waals surface area (Å²) in [7, 11) is 1.70. The molecule has 0 N–H and O–H groups in total. The molecule has 2 fully saturated rings. The molecule has 0 radical (unpaired) electrons. The highest BCUT2D eigenvalue weighted by Crippen LogP contribution is 2.39. The first-order valence-corrected chi connectivity index (χ1v) is 8.60. The highest BCUT2D eigenvalue weighted by Gasteiger charge is 2.55. The van der Waals surface area contributed by atoms with E-state index in [9.17, 15) is 14.4 Å². The number of fused-ring (bicyclic) bond motifs is 1. The van der Waals surface area contributed by atoms with Gasteiger partial charge in [0.2, 0.25) is 0 Å². The number of rotatable bonds is 2. The Bertz CT molecular complexity index is 914. The third kappa shape index (κ3) is 2.33. The molecule has 0 bridgehead atoms. The minimum atomic E-state index is -0.707. The van der Waals surface area contributed by atoms with Crippen LogP contribution in [0.4, 0.5) is 4.79 Å². The summed E-state index contributed by atoms with van der Waals surface area (Å²) in [4.78, 5) is 45.1. The average molecular weight is 340 g/mol. The van der Waals surface area contributed by atoms with E-state index in [1.807, 2.05) is 0 Å². The Kier molecular flexibility index (Phi) is 3.59. The summed E-state index contributed by atoms with van der Waals surface area (Å²) in [5, 5.41) is 0. The van der Waals surface area contributed by atoms with Gasteiger partial charge in [0.1, 0.15) is 11.2 Å². The van der Waals surface area contributed by atoms with Crippen LogP contribution in [0.15, 0.2) is 35.3 Å². The molecule has 1 saturated carbocycles. The monoisotopic (exact) mass is 340 g/mol. The molecule has 4 rings (SSSR count). The Balaban J connectivity index is 1.68. The summed E-state index contributed by atoms with van der Waals surface area (Å²) in [6.07, 6.45) is 6.06. The Morgan fingerprint density at radius 3 is 2.64 bits per heavy atom. The van der Waals surface area contributed by atoms with Gasteiger partial charge in [-0.05, 0) is 25.0 Å². The van der Waals surface area contributed by atoms with Gasteiger partial charge in [-0.25, -0.2) is 9.78 Å². The molecule has 0 unspecified atom stereocenters. The standard InChI is InChI=1S/C18H20N4O3/c1-20-17(25)22(16(24)18(20)8-4-2-5-9-18)12-13-11-15(23)21-10-6-3-7-14(21)19-13/h3,6-7,10-11H,2,4-5,8-9,12H2,1H3. The van der Waals surface area contributed by atoms with Crippen LogP contribution in [-0.4, -0.2) is 43.7 Å². The summed E-state index contributed by atoms with van der Waals surface area (Å²) < 4.78 is 1.44. The topological polar surface area (TPSA) is 75.0 Å². The second-order valence-electron chi connectivity index (χ2n) is 6.84. The first-order valence-electron chi connectivity index (χ1n) is 8.60. The van der Waals surface area contributed by atoms with Gasteiger partial charge in [-0.3, -0.25) is 18.9 Å². The van der Waals surface area contributed by atoms with Gasteiger partial charge in [0.15, 0.2) is 0 Å². The van der Waals surface area contributed by atoms with Crippen molar-refractivity contribution in [2.75, 3.05) is 7.05 Å². The molecule has 2 aromatic rings. The largest absolute Gasteiger partial charge is 0.327 e. The molecule has 7 heteroatoms. The molecule has 2 aliphatic rings. The predicted octanol–water partition coefficient (Wildman–Crippen LogP) is 1.79. The fourth-order valence-corrected chi connectivity index (χ4v) is 4.02. The number of urea groups is 1. The van der Waals surface area contributed by atoms with E-state index < -0.39 is 5.54 Å². The van der Waals surface area contributed by atoms with Gasteiger partial charge in [-0.1, -0.05) is 25.3 Å². The Morgan fingerprint density at radius 1 is 1.12 bits per heavy atom. The van der Waals surface area contributed by atoms with E-state index in [-0.39, 0.29) is 24.0 Å². The van der Waals surface area contributed by atoms with Gasteiger partial charge in [-0.15, -0.1) is 0 Å². The van der Waals surface area contributed by atoms with Gasteiger partial charge < -0.3 is 4.90 Å². The van der Waals surface area contributed by atoms with Crippen LogP contribution in [0.5, 0.6) is 0 Å². The van der Waals surface area contributed by atoms with Crippen molar-refractivity contribution in [2.24, 2.45) is 0 Å². The quantitative estimate of drug-likeness (QED) is 0.781. The fourth-order valence-electron chi connectivity index (χ4n) is 4.02. The van der Waals surface area contributed by atoms with Crippen molar-refractivity contribution in [2.45, 2.75) is 44.2 Å². The number of carbonyl (C=O) groups is 2. The molecule has 1 spiro atoms. The summed E-state index contributed by atoms with van der Waals surface area (Å²) in [5.41, 5.74) is 0.00531. The number of amides is 3. The summed E-state index contributed by atoms with van der Waals surface area (Å²) in [6, 6.07) is 6.36. The normalized spacial score (nSPS) is 20.0. The molecular formula is C18H20N4O3. The van der Waals surface area contributed by atoms with Crippen LogP contribution < -0.4 is 5.56 Å². The van der Waals surface area contributed by atoms with Crippen molar-refractivity contribution in [1.29, 1.82) is 0 Å². The van der Waals surface area contributed by atoms with Gasteiger partial charge >= 0.3 is 6.03 Å². The van der Waals surface area contributed by atoms with Crippen molar-refractivity contribution in [3.05, 3.63) is 46.5 Å². The van der Waals surface area contributed by atoms with E-state index in [2.05, 4.69) is 4.98 Å². The highest BCUT2D eigenvalue weighted by molar-refractivity contribution is 6.06. The van der Waals surface area contributed by atoms with Crippen LogP contribution in [0.2, 0.25) is 0 Å². The number of likely N-dealkylation sites (N-methyl/N-ethyl adjacent to an activating group) is 1. The highest BCUT2D eigenvalue weighted by atomic mass is 16.2. The third-order valence-corrected chi connectivity index (χ3v) is 5.43. The lowest BCUT2D eigenvalue weighted by atomic mass is 9.81. The Morgan fingerprint density at radius 2 is 1.88 bits per heavy atom. The SMILES string of the molecule is CN1C(=O)N(Cc2cc(=O)n3ccccc3n2)C(=O)C12CCCCC2. The lowest BCUT2D eigenvalue weighted by Crippen LogP contribution is -2.49. The number of hydrogen-bond acceptors (Lipinski definition) is 4. The molecule has 2 aromatic heterocycles. The van der Waals surface area contributed by atoms with E-state index in [1.165, 1.54) is 15.4 Å². The average Bonchev–Trinajstić information content (AvgIpc) is 2.79. The van der Waals surface area contributed by atoms with Crippen molar-refractivity contribution in [1.82, 2.24) is 19.2 Å². The fraction of sp³-hybridized carbons (Fsp3) is 0.444. The summed E-state index contributed by atoms with van der Waals surface area (Å²) >= 11 is 0. The van der Waals surface area contributed by atoms with Crippen molar-refractivity contribution >= 4 is 17.6 Å². The smallest absolute Gasteiger partial charge is 0.313 e. The van der Waals surface area contributed by atoms with Crippen LogP contribution in [0, 0.1) is 0 Å². The van der Waals surface area contributed by atoms with Crippen molar-refractivity contribution < 1.29 is 9.59 Å². The minimum Gasteiger partial charge on any atom is -0.313 e. The van der Waals surface area contributed by atoms with Gasteiger partial charge in [0.25, 0.3) is 11.5 Å². The summed E-state index contributed by atoms with van der Waals surface area (Å²) in [5.74, 6) is -0.158. The molecule has 0 aromatic carbocycles. The van der Waals surface area contributed by atoms with Crippen LogP contribution >= 0.6 is 0 Å². The Hall–Kier alpha value is -2.70. The lowest BCUT2D eigenvalue weighted by Gasteiger charge is -2.35. The maximum Gasteiger partial charge on any atom is 0.327 e. The molecule has 0 atom stereocenters. The zero-order valence-electron chi connectivity index (χ0n) is 14.1. The van der Waals surface area contributed by atoms with Crippen molar-refractivity contribution in [3.63, 3.8) is 0 Å². The number of aromatic nitrogens is 2. The molecule has 25 heavy (non-hydrogen) atoms. The molecule has 7 nitrogen and oxygen atoms in total. The van der Waals surface area contributed by atoms with Gasteiger partial charge in [-0.2, -0.15) is 0 Å². The molecule has 1 aliphatic carbocycles. The molecular weight excluding hydrogens is 320 g/mol. The van der Waals surface area contributed by atoms with E-state index in [0.717, 1.165) is 19.3 Å². The van der Waals surface area contributed by atoms with Crippen LogP contribution in [-0.2, 0) is 11.3 Å². The zero-order valence-corrected chi connectivity index (χ0v) is 14.1. The first kappa shape index (κ1) is 15.8. The molecule has 1 saturated heterocycles. The van der Waals surface area contributed by atoms with Gasteiger partial charge in [0.05, 0.1) is 12.2 Å². The third-order valence-electron chi connectivity index (χ3n) is 5.43. The maximum atomic E-state index is 13.0. The summed E-state index contributed by atoms with van der Waals surface area (Å²) in [6.45, 7) is 0.0321. The number of imide groups is 1. The minimum absolute atomic E-state index is 0.0321. The van der Waals surface area contributed by atoms with E-state index in [1.54, 1.807) is 36.3 Å². The number of nitrogens with zero attached hydrogens (tertiary/aromatic N) is 4. The zero-order chi connectivity index (χ0) is 17.6. The van der Waals surface area contributed by atoms with Crippen LogP contribution in [0.3, 0.4) is 0 Å². The molecule has 3 amide bonds. The Labute approximate surface area is 144 Å². The maximum absolute atomic E-state index is 13.0. The first-order chi connectivity index (χ1) is 12.0. The van der Waals surface area contributed by atoms with Crippen LogP contribution in [0.1, 0.15) is 37.8 Å². The molecule has 1 aliphatic heterocycles. The van der Waals surface area contributed by atoms with Crippen LogP contribution in [0.25, 0.3) is 5.65 Å². The van der Waals surface area contributed by atoms with Gasteiger partial charge in [0, 0.05) is 19.3 Å². The second-order valence-corrected chi connectivity index (χ2v) is 6.84. The van der Waals surface area contributed by atoms with Crippen molar-refractivity contribution in [3.8, 4) is 0 Å². The predicted molar refractivity (Wildman–Crippen MR) is 91.0 cm³/mol. The van der Waals surface area contributed by atoms with E-state index in [4.69, 9.17) is 0 Å². The molecule has 130 valence electrons. The van der Waals surface area contributed by atoms with E-state index >= 15 is 0 Å². The lowest BCUT2D eigenvalue weighted by molar-refractivity contribution is -0.134.